The number of alkyl halides is 6. The van der Waals surface area contributed by atoms with Gasteiger partial charge in [-0.3, -0.25) is 0 Å². The SMILES string of the molecule is O=C(O)C(F)(F)C(F)(F)C(F)F.c1ccc([S+](c2ccccc2)c2ccccc2)cc1. The van der Waals surface area contributed by atoms with Gasteiger partial charge in [0.25, 0.3) is 0 Å². The van der Waals surface area contributed by atoms with Gasteiger partial charge in [-0.25, -0.2) is 13.6 Å². The Morgan fingerprint density at radius 1 is 0.677 bits per heavy atom. The molecule has 0 spiro atoms. The molecule has 0 aromatic heterocycles. The van der Waals surface area contributed by atoms with E-state index in [4.69, 9.17) is 5.11 Å². The molecular formula is C22H17F6O2S+. The van der Waals surface area contributed by atoms with Crippen molar-refractivity contribution in [1.29, 1.82) is 0 Å². The lowest BCUT2D eigenvalue weighted by Gasteiger charge is -2.21. The van der Waals surface area contributed by atoms with Crippen molar-refractivity contribution < 1.29 is 36.2 Å². The van der Waals surface area contributed by atoms with Gasteiger partial charge < -0.3 is 5.11 Å². The summed E-state index contributed by atoms with van der Waals surface area (Å²) in [5.41, 5.74) is 0. The van der Waals surface area contributed by atoms with Crippen molar-refractivity contribution in [2.45, 2.75) is 33.0 Å². The molecule has 9 heteroatoms. The zero-order valence-electron chi connectivity index (χ0n) is 15.8. The van der Waals surface area contributed by atoms with E-state index in [1.54, 1.807) is 0 Å². The Hall–Kier alpha value is -2.94. The first-order valence-corrected chi connectivity index (χ1v) is 9.98. The highest BCUT2D eigenvalue weighted by atomic mass is 32.2. The maximum absolute atomic E-state index is 11.7. The Kier molecular flexibility index (Phi) is 8.15. The van der Waals surface area contributed by atoms with Gasteiger partial charge >= 0.3 is 24.2 Å². The summed E-state index contributed by atoms with van der Waals surface area (Å²) in [5, 5.41) is 7.46. The fraction of sp³-hybridized carbons (Fsp3) is 0.136. The Labute approximate surface area is 177 Å². The predicted octanol–water partition coefficient (Wildman–Crippen LogP) is 6.39. The molecule has 164 valence electrons. The molecule has 0 aliphatic rings. The van der Waals surface area contributed by atoms with Crippen LogP contribution in [0.1, 0.15) is 0 Å². The fourth-order valence-electron chi connectivity index (χ4n) is 2.36. The minimum atomic E-state index is -5.85. The third kappa shape index (κ3) is 5.81. The summed E-state index contributed by atoms with van der Waals surface area (Å²) >= 11 is 0. The van der Waals surface area contributed by atoms with Crippen LogP contribution in [0.2, 0.25) is 0 Å². The lowest BCUT2D eigenvalue weighted by Crippen LogP contribution is -2.51. The van der Waals surface area contributed by atoms with E-state index in [2.05, 4.69) is 91.0 Å². The van der Waals surface area contributed by atoms with E-state index in [-0.39, 0.29) is 10.9 Å². The summed E-state index contributed by atoms with van der Waals surface area (Å²) in [4.78, 5) is 13.5. The van der Waals surface area contributed by atoms with E-state index >= 15 is 0 Å². The molecule has 0 aliphatic heterocycles. The molecule has 0 unspecified atom stereocenters. The van der Waals surface area contributed by atoms with E-state index in [9.17, 15) is 31.1 Å². The first-order valence-electron chi connectivity index (χ1n) is 8.75. The normalized spacial score (nSPS) is 11.7. The van der Waals surface area contributed by atoms with Crippen molar-refractivity contribution in [3.8, 4) is 0 Å². The Balaban J connectivity index is 0.000000248. The number of carboxylic acids is 1. The molecule has 31 heavy (non-hydrogen) atoms. The minimum Gasteiger partial charge on any atom is -0.477 e. The number of carbonyl (C=O) groups is 1. The van der Waals surface area contributed by atoms with E-state index in [0.29, 0.717) is 0 Å². The van der Waals surface area contributed by atoms with E-state index < -0.39 is 24.2 Å². The molecule has 0 aliphatic carbocycles. The van der Waals surface area contributed by atoms with Crippen molar-refractivity contribution in [1.82, 2.24) is 0 Å². The van der Waals surface area contributed by atoms with Crippen molar-refractivity contribution >= 4 is 16.9 Å². The standard InChI is InChI=1S/C18H15S.C4H2F6O2/c1-4-10-16(11-5-1)19(17-12-6-2-7-13-17)18-14-8-3-9-15-18;5-1(6)3(7,8)4(9,10)2(11)12/h1-15H;1H,(H,11,12)/q+1;. The minimum absolute atomic E-state index is 0.0146. The van der Waals surface area contributed by atoms with Crippen LogP contribution in [0.25, 0.3) is 0 Å². The monoisotopic (exact) mass is 459 g/mol. The molecule has 0 radical (unpaired) electrons. The third-order valence-electron chi connectivity index (χ3n) is 3.90. The fourth-order valence-corrected chi connectivity index (χ4v) is 4.46. The van der Waals surface area contributed by atoms with Gasteiger partial charge in [-0.15, -0.1) is 0 Å². The second kappa shape index (κ2) is 10.4. The first-order chi connectivity index (χ1) is 14.6. The molecule has 0 saturated carbocycles. The first kappa shape index (κ1) is 24.3. The summed E-state index contributed by atoms with van der Waals surface area (Å²) in [6, 6.07) is 32.2. The maximum Gasteiger partial charge on any atom is 0.410 e. The van der Waals surface area contributed by atoms with Gasteiger partial charge in [0.05, 0.1) is 10.9 Å². The van der Waals surface area contributed by atoms with Crippen LogP contribution in [-0.2, 0) is 15.7 Å². The topological polar surface area (TPSA) is 37.3 Å². The van der Waals surface area contributed by atoms with Crippen molar-refractivity contribution in [2.24, 2.45) is 0 Å². The van der Waals surface area contributed by atoms with Gasteiger partial charge in [-0.05, 0) is 36.4 Å². The van der Waals surface area contributed by atoms with Crippen LogP contribution >= 0.6 is 0 Å². The van der Waals surface area contributed by atoms with Crippen molar-refractivity contribution in [2.75, 3.05) is 0 Å². The lowest BCUT2D eigenvalue weighted by atomic mass is 10.2. The number of benzene rings is 3. The second-order valence-electron chi connectivity index (χ2n) is 6.05. The summed E-state index contributed by atoms with van der Waals surface area (Å²) < 4.78 is 69.2. The highest BCUT2D eigenvalue weighted by molar-refractivity contribution is 7.97. The molecule has 3 aromatic rings. The number of carboxylic acid groups (broad SMARTS) is 1. The van der Waals surface area contributed by atoms with Gasteiger partial charge in [0.15, 0.2) is 14.7 Å². The molecule has 0 amide bonds. The molecule has 3 rings (SSSR count). The quantitative estimate of drug-likeness (QED) is 0.343. The van der Waals surface area contributed by atoms with E-state index in [1.807, 2.05) is 0 Å². The molecule has 0 bridgehead atoms. The third-order valence-corrected chi connectivity index (χ3v) is 6.13. The number of hydrogen-bond donors (Lipinski definition) is 1. The Bertz CT molecular complexity index is 860. The van der Waals surface area contributed by atoms with Crippen LogP contribution in [0.3, 0.4) is 0 Å². The lowest BCUT2D eigenvalue weighted by molar-refractivity contribution is -0.263. The average Bonchev–Trinajstić information content (AvgIpc) is 2.76. The number of halogens is 6. The van der Waals surface area contributed by atoms with Crippen LogP contribution < -0.4 is 0 Å². The van der Waals surface area contributed by atoms with E-state index in [0.717, 1.165) is 0 Å². The zero-order valence-corrected chi connectivity index (χ0v) is 16.6. The Morgan fingerprint density at radius 3 is 1.16 bits per heavy atom. The van der Waals surface area contributed by atoms with Gasteiger partial charge in [0, 0.05) is 0 Å². The summed E-state index contributed by atoms with van der Waals surface area (Å²) in [5.74, 6) is -14.9. The molecule has 3 aromatic carbocycles. The van der Waals surface area contributed by atoms with Crippen LogP contribution in [0.4, 0.5) is 26.3 Å². The smallest absolute Gasteiger partial charge is 0.410 e. The average molecular weight is 459 g/mol. The van der Waals surface area contributed by atoms with Crippen LogP contribution in [0.15, 0.2) is 106 Å². The molecule has 0 fully saturated rings. The van der Waals surface area contributed by atoms with Gasteiger partial charge in [-0.2, -0.15) is 17.6 Å². The van der Waals surface area contributed by atoms with Gasteiger partial charge in [0.2, 0.25) is 0 Å². The van der Waals surface area contributed by atoms with Crippen molar-refractivity contribution in [3.05, 3.63) is 91.0 Å². The predicted molar refractivity (Wildman–Crippen MR) is 105 cm³/mol. The van der Waals surface area contributed by atoms with Gasteiger partial charge in [0.1, 0.15) is 0 Å². The van der Waals surface area contributed by atoms with E-state index in [1.165, 1.54) is 14.7 Å². The molecular weight excluding hydrogens is 442 g/mol. The molecule has 0 atom stereocenters. The highest BCUT2D eigenvalue weighted by Crippen LogP contribution is 2.39. The van der Waals surface area contributed by atoms with Crippen LogP contribution in [-0.4, -0.2) is 29.3 Å². The van der Waals surface area contributed by atoms with Crippen LogP contribution in [0.5, 0.6) is 0 Å². The summed E-state index contributed by atoms with van der Waals surface area (Å²) in [6.07, 6.45) is -4.72. The molecule has 1 N–H and O–H groups in total. The van der Waals surface area contributed by atoms with Gasteiger partial charge in [-0.1, -0.05) is 54.6 Å². The number of aliphatic carboxylic acids is 1. The zero-order chi connectivity index (χ0) is 23.1. The molecule has 0 saturated heterocycles. The number of rotatable bonds is 6. The second-order valence-corrected chi connectivity index (χ2v) is 8.08. The molecule has 0 heterocycles. The number of hydrogen-bond acceptors (Lipinski definition) is 1. The largest absolute Gasteiger partial charge is 0.477 e. The molecule has 2 nitrogen and oxygen atoms in total. The Morgan fingerprint density at radius 2 is 0.968 bits per heavy atom. The summed E-state index contributed by atoms with van der Waals surface area (Å²) in [7, 11) is -0.0146. The van der Waals surface area contributed by atoms with Crippen LogP contribution in [0, 0.1) is 0 Å². The maximum atomic E-state index is 11.7. The highest BCUT2D eigenvalue weighted by Gasteiger charge is 2.68. The van der Waals surface area contributed by atoms with Crippen molar-refractivity contribution in [3.63, 3.8) is 0 Å². The summed E-state index contributed by atoms with van der Waals surface area (Å²) in [6.45, 7) is 0.